The third-order valence-electron chi connectivity index (χ3n) is 3.23. The molecule has 1 saturated carbocycles. The number of hydrogen-bond acceptors (Lipinski definition) is 3. The molecule has 78 valence electrons. The van der Waals surface area contributed by atoms with Crippen molar-refractivity contribution >= 4 is 0 Å². The minimum Gasteiger partial charge on any atom is -0.467 e. The second-order valence-corrected chi connectivity index (χ2v) is 4.16. The van der Waals surface area contributed by atoms with Crippen molar-refractivity contribution in [3.8, 4) is 0 Å². The van der Waals surface area contributed by atoms with Gasteiger partial charge in [0.15, 0.2) is 0 Å². The molecule has 1 aliphatic carbocycles. The van der Waals surface area contributed by atoms with Gasteiger partial charge in [0.05, 0.1) is 12.3 Å². The molecule has 0 amide bonds. The van der Waals surface area contributed by atoms with Crippen molar-refractivity contribution in [2.75, 3.05) is 0 Å². The lowest BCUT2D eigenvalue weighted by molar-refractivity contribution is 0.314. The van der Waals surface area contributed by atoms with Crippen LogP contribution in [0.2, 0.25) is 0 Å². The Morgan fingerprint density at radius 3 is 2.71 bits per heavy atom. The van der Waals surface area contributed by atoms with Gasteiger partial charge in [0.2, 0.25) is 0 Å². The van der Waals surface area contributed by atoms with Gasteiger partial charge in [0, 0.05) is 0 Å². The molecule has 0 spiro atoms. The highest BCUT2D eigenvalue weighted by Gasteiger charge is 2.28. The third kappa shape index (κ3) is 1.70. The van der Waals surface area contributed by atoms with Crippen molar-refractivity contribution in [3.63, 3.8) is 0 Å². The van der Waals surface area contributed by atoms with Gasteiger partial charge < -0.3 is 4.42 Å². The van der Waals surface area contributed by atoms with Gasteiger partial charge in [-0.1, -0.05) is 12.8 Å². The summed E-state index contributed by atoms with van der Waals surface area (Å²) in [6.07, 6.45) is 6.90. The lowest BCUT2D eigenvalue weighted by atomic mass is 9.95. The van der Waals surface area contributed by atoms with E-state index in [1.807, 2.05) is 6.07 Å². The number of hydrazine groups is 1. The number of aryl methyl sites for hydroxylation is 1. The summed E-state index contributed by atoms with van der Waals surface area (Å²) in [4.78, 5) is 0. The van der Waals surface area contributed by atoms with Crippen LogP contribution < -0.4 is 11.3 Å². The summed E-state index contributed by atoms with van der Waals surface area (Å²) in [5, 5.41) is 0. The van der Waals surface area contributed by atoms with Crippen LogP contribution in [0.3, 0.4) is 0 Å². The van der Waals surface area contributed by atoms with Crippen molar-refractivity contribution in [1.82, 2.24) is 5.43 Å². The average Bonchev–Trinajstić information content (AvgIpc) is 2.80. The monoisotopic (exact) mass is 194 g/mol. The molecule has 0 aliphatic heterocycles. The van der Waals surface area contributed by atoms with E-state index >= 15 is 0 Å². The van der Waals surface area contributed by atoms with E-state index in [-0.39, 0.29) is 6.04 Å². The topological polar surface area (TPSA) is 51.2 Å². The number of rotatable bonds is 3. The van der Waals surface area contributed by atoms with Crippen molar-refractivity contribution < 1.29 is 4.42 Å². The maximum atomic E-state index is 5.60. The first kappa shape index (κ1) is 9.74. The zero-order valence-electron chi connectivity index (χ0n) is 8.62. The van der Waals surface area contributed by atoms with E-state index in [1.165, 1.54) is 31.2 Å². The Morgan fingerprint density at radius 2 is 2.21 bits per heavy atom. The number of nitrogens with one attached hydrogen (secondary N) is 1. The van der Waals surface area contributed by atoms with Crippen LogP contribution in [0.15, 0.2) is 16.7 Å². The van der Waals surface area contributed by atoms with Crippen molar-refractivity contribution in [2.24, 2.45) is 11.8 Å². The Bertz CT molecular complexity index is 289. The molecule has 0 bridgehead atoms. The van der Waals surface area contributed by atoms with Crippen LogP contribution in [0, 0.1) is 12.8 Å². The van der Waals surface area contributed by atoms with Gasteiger partial charge in [-0.25, -0.2) is 5.43 Å². The Labute approximate surface area is 84.6 Å². The zero-order chi connectivity index (χ0) is 9.97. The second kappa shape index (κ2) is 4.15. The normalized spacial score (nSPS) is 20.1. The molecule has 1 aromatic rings. The summed E-state index contributed by atoms with van der Waals surface area (Å²) < 4.78 is 5.49. The van der Waals surface area contributed by atoms with Crippen LogP contribution in [0.1, 0.15) is 43.0 Å². The molecular formula is C11H18N2O. The molecular weight excluding hydrogens is 176 g/mol. The highest BCUT2D eigenvalue weighted by molar-refractivity contribution is 5.19. The molecule has 0 saturated heterocycles. The van der Waals surface area contributed by atoms with E-state index in [0.29, 0.717) is 5.92 Å². The molecule has 3 nitrogen and oxygen atoms in total. The molecule has 0 radical (unpaired) electrons. The quantitative estimate of drug-likeness (QED) is 0.573. The van der Waals surface area contributed by atoms with E-state index < -0.39 is 0 Å². The Kier molecular flexibility index (Phi) is 2.89. The SMILES string of the molecule is Cc1ccoc1C(NN)C1CCCC1. The Hall–Kier alpha value is -0.800. The molecule has 1 aliphatic rings. The second-order valence-electron chi connectivity index (χ2n) is 4.16. The predicted molar refractivity (Wildman–Crippen MR) is 55.5 cm³/mol. The Morgan fingerprint density at radius 1 is 1.50 bits per heavy atom. The summed E-state index contributed by atoms with van der Waals surface area (Å²) in [6, 6.07) is 2.20. The molecule has 3 N–H and O–H groups in total. The van der Waals surface area contributed by atoms with E-state index in [2.05, 4.69) is 12.3 Å². The molecule has 1 fully saturated rings. The first-order chi connectivity index (χ1) is 6.83. The maximum absolute atomic E-state index is 5.60. The van der Waals surface area contributed by atoms with E-state index in [9.17, 15) is 0 Å². The van der Waals surface area contributed by atoms with Crippen LogP contribution in [-0.4, -0.2) is 0 Å². The third-order valence-corrected chi connectivity index (χ3v) is 3.23. The van der Waals surface area contributed by atoms with Gasteiger partial charge in [0.25, 0.3) is 0 Å². The fourth-order valence-corrected chi connectivity index (χ4v) is 2.42. The van der Waals surface area contributed by atoms with Gasteiger partial charge in [-0.05, 0) is 37.3 Å². The van der Waals surface area contributed by atoms with Crippen molar-refractivity contribution in [2.45, 2.75) is 38.6 Å². The van der Waals surface area contributed by atoms with Crippen LogP contribution in [0.25, 0.3) is 0 Å². The molecule has 14 heavy (non-hydrogen) atoms. The van der Waals surface area contributed by atoms with Gasteiger partial charge in [-0.3, -0.25) is 5.84 Å². The van der Waals surface area contributed by atoms with Crippen LogP contribution in [0.4, 0.5) is 0 Å². The Balaban J connectivity index is 2.16. The first-order valence-corrected chi connectivity index (χ1v) is 5.33. The summed E-state index contributed by atoms with van der Waals surface area (Å²) in [6.45, 7) is 2.07. The number of hydrogen-bond donors (Lipinski definition) is 2. The first-order valence-electron chi connectivity index (χ1n) is 5.33. The summed E-state index contributed by atoms with van der Waals surface area (Å²) in [7, 11) is 0. The molecule has 3 heteroatoms. The van der Waals surface area contributed by atoms with Crippen LogP contribution in [0.5, 0.6) is 0 Å². The minimum absolute atomic E-state index is 0.201. The smallest absolute Gasteiger partial charge is 0.125 e. The highest BCUT2D eigenvalue weighted by Crippen LogP contribution is 2.36. The number of nitrogens with two attached hydrogens (primary N) is 1. The summed E-state index contributed by atoms with van der Waals surface area (Å²) in [5.74, 6) is 7.26. The lowest BCUT2D eigenvalue weighted by Crippen LogP contribution is -2.32. The molecule has 1 aromatic heterocycles. The van der Waals surface area contributed by atoms with E-state index in [0.717, 1.165) is 5.76 Å². The van der Waals surface area contributed by atoms with Gasteiger partial charge in [-0.2, -0.15) is 0 Å². The van der Waals surface area contributed by atoms with Crippen LogP contribution >= 0.6 is 0 Å². The van der Waals surface area contributed by atoms with E-state index in [1.54, 1.807) is 6.26 Å². The molecule has 0 aromatic carbocycles. The summed E-state index contributed by atoms with van der Waals surface area (Å²) >= 11 is 0. The van der Waals surface area contributed by atoms with Gasteiger partial charge in [-0.15, -0.1) is 0 Å². The zero-order valence-corrected chi connectivity index (χ0v) is 8.62. The van der Waals surface area contributed by atoms with Crippen molar-refractivity contribution in [3.05, 3.63) is 23.7 Å². The largest absolute Gasteiger partial charge is 0.467 e. The molecule has 1 unspecified atom stereocenters. The van der Waals surface area contributed by atoms with Crippen LogP contribution in [-0.2, 0) is 0 Å². The average molecular weight is 194 g/mol. The molecule has 2 rings (SSSR count). The minimum atomic E-state index is 0.201. The predicted octanol–water partition coefficient (Wildman–Crippen LogP) is 2.28. The highest BCUT2D eigenvalue weighted by atomic mass is 16.3. The lowest BCUT2D eigenvalue weighted by Gasteiger charge is -2.21. The number of furan rings is 1. The fraction of sp³-hybridized carbons (Fsp3) is 0.636. The van der Waals surface area contributed by atoms with Crippen molar-refractivity contribution in [1.29, 1.82) is 0 Å². The van der Waals surface area contributed by atoms with Gasteiger partial charge >= 0.3 is 0 Å². The fourth-order valence-electron chi connectivity index (χ4n) is 2.42. The van der Waals surface area contributed by atoms with E-state index in [4.69, 9.17) is 10.3 Å². The molecule has 1 heterocycles. The summed E-state index contributed by atoms with van der Waals surface area (Å²) in [5.41, 5.74) is 4.09. The maximum Gasteiger partial charge on any atom is 0.125 e. The van der Waals surface area contributed by atoms with Gasteiger partial charge in [0.1, 0.15) is 5.76 Å². The standard InChI is InChI=1S/C11H18N2O/c1-8-6-7-14-11(8)10(13-12)9-4-2-3-5-9/h6-7,9-10,13H,2-5,12H2,1H3. The molecule has 1 atom stereocenters.